The Kier molecular flexibility index (Phi) is 5.00. The first-order valence-corrected chi connectivity index (χ1v) is 7.73. The second-order valence-corrected chi connectivity index (χ2v) is 6.65. The van der Waals surface area contributed by atoms with Crippen LogP contribution in [0.2, 0.25) is 0 Å². The Hall–Kier alpha value is -1.19. The molecule has 10 heteroatoms. The average molecular weight is 363 g/mol. The molecule has 0 spiro atoms. The number of hydrogen-bond acceptors (Lipinski definition) is 2. The molecule has 0 aromatic rings. The molecule has 1 amide bonds. The summed E-state index contributed by atoms with van der Waals surface area (Å²) in [5, 5.41) is 18.6. The molecule has 2 aliphatic rings. The van der Waals surface area contributed by atoms with E-state index in [0.717, 1.165) is 17.7 Å². The van der Waals surface area contributed by atoms with Gasteiger partial charge in [0, 0.05) is 18.5 Å². The van der Waals surface area contributed by atoms with Crippen molar-refractivity contribution in [2.24, 2.45) is 11.8 Å². The van der Waals surface area contributed by atoms with E-state index in [4.69, 9.17) is 0 Å². The Labute approximate surface area is 134 Å². The lowest BCUT2D eigenvalue weighted by Gasteiger charge is -2.43. The van der Waals surface area contributed by atoms with Gasteiger partial charge in [0.05, 0.1) is 0 Å². The van der Waals surface area contributed by atoms with Crippen LogP contribution in [-0.4, -0.2) is 51.7 Å². The van der Waals surface area contributed by atoms with Crippen molar-refractivity contribution in [1.29, 1.82) is 0 Å². The van der Waals surface area contributed by atoms with Gasteiger partial charge in [-0.3, -0.25) is 0 Å². The summed E-state index contributed by atoms with van der Waals surface area (Å²) in [6.07, 6.45) is -12.4. The minimum Gasteiger partial charge on any atom is -0.465 e. The zero-order valence-corrected chi connectivity index (χ0v) is 12.7. The number of alkyl halides is 6. The fourth-order valence-corrected chi connectivity index (χ4v) is 3.39. The molecule has 0 aromatic heterocycles. The third-order valence-corrected chi connectivity index (χ3v) is 4.99. The Bertz CT molecular complexity index is 452. The predicted octanol–water partition coefficient (Wildman–Crippen LogP) is 3.79. The molecule has 0 atom stereocenters. The maximum atomic E-state index is 12.9. The highest BCUT2D eigenvalue weighted by Gasteiger charge is 2.73. The number of carboxylic acid groups (broad SMARTS) is 1. The number of carbonyl (C=O) groups is 1. The number of aliphatic hydroxyl groups is 1. The molecule has 2 aliphatic carbocycles. The Morgan fingerprint density at radius 2 is 1.38 bits per heavy atom. The highest BCUT2D eigenvalue weighted by Crippen LogP contribution is 2.52. The third-order valence-electron chi connectivity index (χ3n) is 4.99. The van der Waals surface area contributed by atoms with Crippen LogP contribution in [0.4, 0.5) is 31.1 Å². The van der Waals surface area contributed by atoms with Gasteiger partial charge in [0.2, 0.25) is 0 Å². The minimum absolute atomic E-state index is 0.127. The van der Waals surface area contributed by atoms with Gasteiger partial charge >= 0.3 is 18.4 Å². The standard InChI is InChI=1S/C14H19F6NO3/c15-13(16,17)12(24,14(18,19)20)9-3-5-10(6-4-9)21(11(22)23)7-8-1-2-8/h8-10,24H,1-7H2,(H,22,23). The fraction of sp³-hybridized carbons (Fsp3) is 0.929. The summed E-state index contributed by atoms with van der Waals surface area (Å²) in [6.45, 7) is 0.257. The van der Waals surface area contributed by atoms with Gasteiger partial charge in [0.1, 0.15) is 0 Å². The predicted molar refractivity (Wildman–Crippen MR) is 70.3 cm³/mol. The van der Waals surface area contributed by atoms with Gasteiger partial charge in [0.25, 0.3) is 5.60 Å². The summed E-state index contributed by atoms with van der Waals surface area (Å²) < 4.78 is 77.2. The van der Waals surface area contributed by atoms with Crippen molar-refractivity contribution in [3.63, 3.8) is 0 Å². The van der Waals surface area contributed by atoms with Crippen LogP contribution in [0, 0.1) is 11.8 Å². The Morgan fingerprint density at radius 3 is 1.71 bits per heavy atom. The summed E-state index contributed by atoms with van der Waals surface area (Å²) in [4.78, 5) is 12.4. The molecule has 0 bridgehead atoms. The van der Waals surface area contributed by atoms with Crippen molar-refractivity contribution in [3.05, 3.63) is 0 Å². The zero-order chi connectivity index (χ0) is 18.3. The van der Waals surface area contributed by atoms with Crippen LogP contribution in [0.1, 0.15) is 38.5 Å². The lowest BCUT2D eigenvalue weighted by atomic mass is 9.74. The first-order valence-electron chi connectivity index (χ1n) is 7.73. The highest BCUT2D eigenvalue weighted by atomic mass is 19.4. The van der Waals surface area contributed by atoms with Crippen molar-refractivity contribution in [3.8, 4) is 0 Å². The van der Waals surface area contributed by atoms with E-state index in [1.165, 1.54) is 0 Å². The smallest absolute Gasteiger partial charge is 0.426 e. The molecule has 0 aromatic carbocycles. The van der Waals surface area contributed by atoms with Gasteiger partial charge in [-0.1, -0.05) is 0 Å². The summed E-state index contributed by atoms with van der Waals surface area (Å²) in [6, 6.07) is -0.606. The number of nitrogens with zero attached hydrogens (tertiary/aromatic N) is 1. The van der Waals surface area contributed by atoms with E-state index in [2.05, 4.69) is 0 Å². The maximum Gasteiger partial charge on any atom is 0.426 e. The molecule has 4 nitrogen and oxygen atoms in total. The molecule has 0 aliphatic heterocycles. The quantitative estimate of drug-likeness (QED) is 0.747. The van der Waals surface area contributed by atoms with Crippen molar-refractivity contribution in [2.45, 2.75) is 62.5 Å². The van der Waals surface area contributed by atoms with Gasteiger partial charge in [-0.15, -0.1) is 0 Å². The second kappa shape index (κ2) is 6.27. The first kappa shape index (κ1) is 19.1. The van der Waals surface area contributed by atoms with Crippen molar-refractivity contribution in [2.75, 3.05) is 6.54 Å². The van der Waals surface area contributed by atoms with Gasteiger partial charge < -0.3 is 15.1 Å². The summed E-state index contributed by atoms with van der Waals surface area (Å²) in [7, 11) is 0. The van der Waals surface area contributed by atoms with Crippen LogP contribution in [-0.2, 0) is 0 Å². The SMILES string of the molecule is O=C(O)N(CC1CC1)C1CCC(C(O)(C(F)(F)F)C(F)(F)F)CC1. The molecule has 2 N–H and O–H groups in total. The van der Waals surface area contributed by atoms with Gasteiger partial charge in [-0.05, 0) is 44.4 Å². The summed E-state index contributed by atoms with van der Waals surface area (Å²) >= 11 is 0. The van der Waals surface area contributed by atoms with Crippen LogP contribution >= 0.6 is 0 Å². The topological polar surface area (TPSA) is 60.8 Å². The molecular weight excluding hydrogens is 344 g/mol. The van der Waals surface area contributed by atoms with Crippen molar-refractivity contribution in [1.82, 2.24) is 4.90 Å². The fourth-order valence-electron chi connectivity index (χ4n) is 3.39. The van der Waals surface area contributed by atoms with E-state index in [1.807, 2.05) is 0 Å². The summed E-state index contributed by atoms with van der Waals surface area (Å²) in [5.41, 5.74) is -4.75. The summed E-state index contributed by atoms with van der Waals surface area (Å²) in [5.74, 6) is -1.80. The number of hydrogen-bond donors (Lipinski definition) is 2. The molecule has 24 heavy (non-hydrogen) atoms. The molecular formula is C14H19F6NO3. The van der Waals surface area contributed by atoms with E-state index in [9.17, 15) is 41.4 Å². The average Bonchev–Trinajstić information content (AvgIpc) is 3.25. The van der Waals surface area contributed by atoms with E-state index in [-0.39, 0.29) is 25.3 Å². The van der Waals surface area contributed by atoms with Crippen LogP contribution < -0.4 is 0 Å². The monoisotopic (exact) mass is 363 g/mol. The van der Waals surface area contributed by atoms with Crippen LogP contribution in [0.25, 0.3) is 0 Å². The normalized spacial score (nSPS) is 26.3. The van der Waals surface area contributed by atoms with Gasteiger partial charge in [0.15, 0.2) is 0 Å². The molecule has 0 heterocycles. The van der Waals surface area contributed by atoms with Crippen LogP contribution in [0.3, 0.4) is 0 Å². The second-order valence-electron chi connectivity index (χ2n) is 6.65. The lowest BCUT2D eigenvalue weighted by Crippen LogP contribution is -2.62. The number of rotatable bonds is 4. The molecule has 0 unspecified atom stereocenters. The molecule has 140 valence electrons. The molecule has 0 saturated heterocycles. The van der Waals surface area contributed by atoms with E-state index < -0.39 is 48.8 Å². The maximum absolute atomic E-state index is 12.9. The van der Waals surface area contributed by atoms with Crippen molar-refractivity contribution < 1.29 is 41.4 Å². The molecule has 0 radical (unpaired) electrons. The van der Waals surface area contributed by atoms with Crippen LogP contribution in [0.15, 0.2) is 0 Å². The van der Waals surface area contributed by atoms with E-state index >= 15 is 0 Å². The lowest BCUT2D eigenvalue weighted by molar-refractivity contribution is -0.387. The number of amides is 1. The largest absolute Gasteiger partial charge is 0.465 e. The molecule has 2 saturated carbocycles. The highest BCUT2D eigenvalue weighted by molar-refractivity contribution is 5.65. The zero-order valence-electron chi connectivity index (χ0n) is 12.7. The van der Waals surface area contributed by atoms with Gasteiger partial charge in [-0.25, -0.2) is 4.79 Å². The first-order chi connectivity index (χ1) is 10.9. The van der Waals surface area contributed by atoms with E-state index in [1.54, 1.807) is 0 Å². The minimum atomic E-state index is -5.83. The van der Waals surface area contributed by atoms with Crippen molar-refractivity contribution >= 4 is 6.09 Å². The molecule has 2 rings (SSSR count). The third kappa shape index (κ3) is 3.57. The van der Waals surface area contributed by atoms with Crippen LogP contribution in [0.5, 0.6) is 0 Å². The van der Waals surface area contributed by atoms with Gasteiger partial charge in [-0.2, -0.15) is 26.3 Å². The van der Waals surface area contributed by atoms with E-state index in [0.29, 0.717) is 0 Å². The molecule has 2 fully saturated rings. The number of halogens is 6. The Morgan fingerprint density at radius 1 is 0.917 bits per heavy atom. The Balaban J connectivity index is 2.08.